The van der Waals surface area contributed by atoms with Gasteiger partial charge in [0, 0.05) is 32.3 Å². The molecule has 1 unspecified atom stereocenters. The second-order valence-corrected chi connectivity index (χ2v) is 3.37. The zero-order valence-corrected chi connectivity index (χ0v) is 8.90. The molecule has 78 valence electrons. The molecule has 0 aromatic heterocycles. The molecule has 1 N–H and O–H groups in total. The molecule has 3 heteroatoms. The van der Waals surface area contributed by atoms with Gasteiger partial charge in [-0.05, 0) is 12.1 Å². The van der Waals surface area contributed by atoms with E-state index in [2.05, 4.69) is 0 Å². The Morgan fingerprint density at radius 3 is 2.71 bits per heavy atom. The number of nitrogens with zero attached hydrogens (tertiary/aromatic N) is 1. The highest BCUT2D eigenvalue weighted by atomic mass is 16.6. The summed E-state index contributed by atoms with van der Waals surface area (Å²) in [6.07, 6.45) is -0.126. The topological polar surface area (TPSA) is 32.7 Å². The van der Waals surface area contributed by atoms with Crippen LogP contribution >= 0.6 is 0 Å². The lowest BCUT2D eigenvalue weighted by Crippen LogP contribution is -2.14. The number of aliphatic hydroxyl groups excluding tert-OH is 1. The lowest BCUT2D eigenvalue weighted by molar-refractivity contribution is -0.0190. The van der Waals surface area contributed by atoms with Gasteiger partial charge in [-0.1, -0.05) is 13.0 Å². The number of benzene rings is 1. The minimum absolute atomic E-state index is 0.589. The predicted molar refractivity (Wildman–Crippen MR) is 57.7 cm³/mol. The van der Waals surface area contributed by atoms with Crippen molar-refractivity contribution in [2.24, 2.45) is 0 Å². The molecule has 0 amide bonds. The van der Waals surface area contributed by atoms with Crippen molar-refractivity contribution in [3.05, 3.63) is 24.3 Å². The molecule has 0 bridgehead atoms. The van der Waals surface area contributed by atoms with E-state index in [1.165, 1.54) is 0 Å². The first-order chi connectivity index (χ1) is 6.63. The van der Waals surface area contributed by atoms with Crippen molar-refractivity contribution in [1.29, 1.82) is 0 Å². The Kier molecular flexibility index (Phi) is 3.77. The second kappa shape index (κ2) is 4.86. The molecule has 0 aliphatic carbocycles. The molecule has 0 heterocycles. The van der Waals surface area contributed by atoms with Crippen LogP contribution < -0.4 is 9.64 Å². The zero-order chi connectivity index (χ0) is 10.6. The van der Waals surface area contributed by atoms with E-state index >= 15 is 0 Å². The van der Waals surface area contributed by atoms with Gasteiger partial charge >= 0.3 is 0 Å². The van der Waals surface area contributed by atoms with Gasteiger partial charge in [0.05, 0.1) is 0 Å². The molecule has 0 saturated carbocycles. The van der Waals surface area contributed by atoms with Crippen LogP contribution in [0.4, 0.5) is 5.69 Å². The average molecular weight is 195 g/mol. The smallest absolute Gasteiger partial charge is 0.197 e. The van der Waals surface area contributed by atoms with Crippen molar-refractivity contribution >= 4 is 5.69 Å². The normalized spacial score (nSPS) is 12.3. The number of hydrogen-bond donors (Lipinski definition) is 1. The predicted octanol–water partition coefficient (Wildman–Crippen LogP) is 1.86. The van der Waals surface area contributed by atoms with Crippen LogP contribution in [0.25, 0.3) is 0 Å². The van der Waals surface area contributed by atoms with Gasteiger partial charge in [-0.15, -0.1) is 0 Å². The maximum absolute atomic E-state index is 9.31. The molecule has 0 saturated heterocycles. The van der Waals surface area contributed by atoms with Gasteiger partial charge in [-0.25, -0.2) is 0 Å². The van der Waals surface area contributed by atoms with Crippen molar-refractivity contribution in [1.82, 2.24) is 0 Å². The van der Waals surface area contributed by atoms with E-state index in [1.807, 2.05) is 50.2 Å². The minimum atomic E-state index is -0.715. The van der Waals surface area contributed by atoms with E-state index in [9.17, 15) is 5.11 Å². The van der Waals surface area contributed by atoms with E-state index in [0.29, 0.717) is 12.2 Å². The van der Waals surface area contributed by atoms with Gasteiger partial charge in [-0.2, -0.15) is 0 Å². The second-order valence-electron chi connectivity index (χ2n) is 3.37. The molecular weight excluding hydrogens is 178 g/mol. The molecule has 1 aromatic carbocycles. The van der Waals surface area contributed by atoms with Crippen molar-refractivity contribution < 1.29 is 9.84 Å². The quantitative estimate of drug-likeness (QED) is 0.744. The third-order valence-electron chi connectivity index (χ3n) is 1.96. The van der Waals surface area contributed by atoms with Crippen molar-refractivity contribution in [3.8, 4) is 5.75 Å². The first-order valence-electron chi connectivity index (χ1n) is 4.75. The lowest BCUT2D eigenvalue weighted by Gasteiger charge is -2.15. The molecule has 0 spiro atoms. The summed E-state index contributed by atoms with van der Waals surface area (Å²) in [5, 5.41) is 9.31. The maximum atomic E-state index is 9.31. The summed E-state index contributed by atoms with van der Waals surface area (Å²) in [6, 6.07) is 7.64. The summed E-state index contributed by atoms with van der Waals surface area (Å²) < 4.78 is 5.28. The summed E-state index contributed by atoms with van der Waals surface area (Å²) in [6.45, 7) is 1.88. The molecule has 0 fully saturated rings. The van der Waals surface area contributed by atoms with Crippen LogP contribution in [0.1, 0.15) is 13.3 Å². The van der Waals surface area contributed by atoms with E-state index < -0.39 is 6.29 Å². The Labute approximate surface area is 84.9 Å². The zero-order valence-electron chi connectivity index (χ0n) is 8.90. The average Bonchev–Trinajstić information content (AvgIpc) is 2.18. The summed E-state index contributed by atoms with van der Waals surface area (Å²) in [4.78, 5) is 1.99. The largest absolute Gasteiger partial charge is 0.465 e. The molecule has 3 nitrogen and oxygen atoms in total. The van der Waals surface area contributed by atoms with Crippen LogP contribution in [-0.2, 0) is 0 Å². The van der Waals surface area contributed by atoms with Crippen molar-refractivity contribution in [2.75, 3.05) is 19.0 Å². The van der Waals surface area contributed by atoms with Gasteiger partial charge in [0.15, 0.2) is 6.29 Å². The van der Waals surface area contributed by atoms with Gasteiger partial charge < -0.3 is 14.7 Å². The Balaban J connectivity index is 2.73. The van der Waals surface area contributed by atoms with Crippen LogP contribution in [-0.4, -0.2) is 25.5 Å². The highest BCUT2D eigenvalue weighted by molar-refractivity contribution is 5.49. The Hall–Kier alpha value is -1.22. The summed E-state index contributed by atoms with van der Waals surface area (Å²) in [7, 11) is 3.94. The van der Waals surface area contributed by atoms with Gasteiger partial charge in [0.2, 0.25) is 0 Å². The number of ether oxygens (including phenoxy) is 1. The molecule has 14 heavy (non-hydrogen) atoms. The van der Waals surface area contributed by atoms with E-state index in [1.54, 1.807) is 0 Å². The fraction of sp³-hybridized carbons (Fsp3) is 0.455. The molecule has 0 aliphatic heterocycles. The summed E-state index contributed by atoms with van der Waals surface area (Å²) >= 11 is 0. The minimum Gasteiger partial charge on any atom is -0.465 e. The Morgan fingerprint density at radius 2 is 2.14 bits per heavy atom. The summed E-state index contributed by atoms with van der Waals surface area (Å²) in [5.74, 6) is 0.700. The Morgan fingerprint density at radius 1 is 1.43 bits per heavy atom. The van der Waals surface area contributed by atoms with E-state index in [4.69, 9.17) is 4.74 Å². The van der Waals surface area contributed by atoms with Gasteiger partial charge in [0.25, 0.3) is 0 Å². The molecule has 1 atom stereocenters. The SMILES string of the molecule is CCC(O)Oc1cccc(N(C)C)c1. The van der Waals surface area contributed by atoms with Gasteiger partial charge in [0.1, 0.15) is 5.75 Å². The van der Waals surface area contributed by atoms with Crippen LogP contribution in [0.3, 0.4) is 0 Å². The van der Waals surface area contributed by atoms with Crippen LogP contribution in [0.5, 0.6) is 5.75 Å². The molecule has 1 aromatic rings. The molecular formula is C11H17NO2. The standard InChI is InChI=1S/C11H17NO2/c1-4-11(13)14-10-7-5-6-9(8-10)12(2)3/h5-8,11,13H,4H2,1-3H3. The summed E-state index contributed by atoms with van der Waals surface area (Å²) in [5.41, 5.74) is 1.06. The lowest BCUT2D eigenvalue weighted by atomic mass is 10.3. The highest BCUT2D eigenvalue weighted by Crippen LogP contribution is 2.20. The fourth-order valence-electron chi connectivity index (χ4n) is 1.08. The first-order valence-corrected chi connectivity index (χ1v) is 4.75. The van der Waals surface area contributed by atoms with Crippen molar-refractivity contribution in [3.63, 3.8) is 0 Å². The van der Waals surface area contributed by atoms with Crippen LogP contribution in [0, 0.1) is 0 Å². The van der Waals surface area contributed by atoms with Gasteiger partial charge in [-0.3, -0.25) is 0 Å². The molecule has 0 aliphatic rings. The third kappa shape index (κ3) is 2.92. The fourth-order valence-corrected chi connectivity index (χ4v) is 1.08. The third-order valence-corrected chi connectivity index (χ3v) is 1.96. The molecule has 1 rings (SSSR count). The number of rotatable bonds is 4. The van der Waals surface area contributed by atoms with Crippen LogP contribution in [0.2, 0.25) is 0 Å². The number of hydrogen-bond acceptors (Lipinski definition) is 3. The Bertz CT molecular complexity index is 286. The van der Waals surface area contributed by atoms with E-state index in [0.717, 1.165) is 5.69 Å². The number of aliphatic hydroxyl groups is 1. The first kappa shape index (κ1) is 10.9. The number of anilines is 1. The van der Waals surface area contributed by atoms with E-state index in [-0.39, 0.29) is 0 Å². The highest BCUT2D eigenvalue weighted by Gasteiger charge is 2.03. The van der Waals surface area contributed by atoms with Crippen LogP contribution in [0.15, 0.2) is 24.3 Å². The molecule has 0 radical (unpaired) electrons. The van der Waals surface area contributed by atoms with Crippen molar-refractivity contribution in [2.45, 2.75) is 19.6 Å². The monoisotopic (exact) mass is 195 g/mol. The maximum Gasteiger partial charge on any atom is 0.197 e.